The van der Waals surface area contributed by atoms with Crippen LogP contribution in [0.15, 0.2) is 46.0 Å². The second kappa shape index (κ2) is 8.12. The Morgan fingerprint density at radius 3 is 2.85 bits per heavy atom. The molecule has 0 saturated heterocycles. The van der Waals surface area contributed by atoms with E-state index < -0.39 is 0 Å². The van der Waals surface area contributed by atoms with Gasteiger partial charge in [-0.3, -0.25) is 9.98 Å². The monoisotopic (exact) mass is 307 g/mol. The van der Waals surface area contributed by atoms with Gasteiger partial charge < -0.3 is 5.73 Å². The van der Waals surface area contributed by atoms with E-state index in [9.17, 15) is 0 Å². The van der Waals surface area contributed by atoms with Crippen molar-refractivity contribution >= 4 is 34.7 Å². The van der Waals surface area contributed by atoms with Crippen LogP contribution >= 0.6 is 23.4 Å². The standard InChI is InChI=1S/C15H18ClN3S/c16-14-5-3-13(4-6-14)11-19-15(17)20-9-1-2-12-7-8-18-10-12/h3-6,8,10H,1-2,7,9,11H2,(H2,17,19). The van der Waals surface area contributed by atoms with E-state index in [0.717, 1.165) is 35.6 Å². The molecule has 1 aromatic carbocycles. The Morgan fingerprint density at radius 2 is 2.15 bits per heavy atom. The highest BCUT2D eigenvalue weighted by atomic mass is 35.5. The van der Waals surface area contributed by atoms with Crippen molar-refractivity contribution in [2.75, 3.05) is 5.75 Å². The van der Waals surface area contributed by atoms with Crippen LogP contribution in [0.25, 0.3) is 0 Å². The van der Waals surface area contributed by atoms with Crippen molar-refractivity contribution in [1.82, 2.24) is 0 Å². The average Bonchev–Trinajstić information content (AvgIpc) is 2.96. The van der Waals surface area contributed by atoms with Crippen LogP contribution in [0.3, 0.4) is 0 Å². The summed E-state index contributed by atoms with van der Waals surface area (Å²) in [6.07, 6.45) is 7.12. The lowest BCUT2D eigenvalue weighted by Crippen LogP contribution is -2.08. The lowest BCUT2D eigenvalue weighted by molar-refractivity contribution is 0.906. The van der Waals surface area contributed by atoms with Crippen LogP contribution in [0.1, 0.15) is 24.8 Å². The van der Waals surface area contributed by atoms with E-state index in [1.807, 2.05) is 36.7 Å². The molecule has 20 heavy (non-hydrogen) atoms. The van der Waals surface area contributed by atoms with Gasteiger partial charge in [0, 0.05) is 29.6 Å². The van der Waals surface area contributed by atoms with E-state index in [0.29, 0.717) is 11.7 Å². The molecule has 0 unspecified atom stereocenters. The van der Waals surface area contributed by atoms with E-state index in [4.69, 9.17) is 17.3 Å². The van der Waals surface area contributed by atoms with Crippen LogP contribution in [-0.4, -0.2) is 17.1 Å². The minimum atomic E-state index is 0.606. The zero-order valence-electron chi connectivity index (χ0n) is 11.3. The number of nitrogens with zero attached hydrogens (tertiary/aromatic N) is 2. The molecule has 0 aliphatic carbocycles. The maximum Gasteiger partial charge on any atom is 0.154 e. The first kappa shape index (κ1) is 15.1. The van der Waals surface area contributed by atoms with Crippen molar-refractivity contribution in [3.8, 4) is 0 Å². The number of benzene rings is 1. The summed E-state index contributed by atoms with van der Waals surface area (Å²) in [7, 11) is 0. The van der Waals surface area contributed by atoms with Gasteiger partial charge in [-0.15, -0.1) is 0 Å². The largest absolute Gasteiger partial charge is 0.379 e. The van der Waals surface area contributed by atoms with Gasteiger partial charge in [0.2, 0.25) is 0 Å². The topological polar surface area (TPSA) is 50.7 Å². The van der Waals surface area contributed by atoms with Crippen LogP contribution in [0, 0.1) is 0 Å². The van der Waals surface area contributed by atoms with Gasteiger partial charge in [-0.05, 0) is 36.1 Å². The molecule has 1 aliphatic rings. The Bertz CT molecular complexity index is 520. The molecule has 1 aromatic rings. The molecule has 2 rings (SSSR count). The van der Waals surface area contributed by atoms with Gasteiger partial charge in [0.05, 0.1) is 6.54 Å². The van der Waals surface area contributed by atoms with Gasteiger partial charge in [0.15, 0.2) is 5.17 Å². The number of halogens is 1. The molecule has 1 heterocycles. The summed E-state index contributed by atoms with van der Waals surface area (Å²) in [5.74, 6) is 0.993. The molecule has 3 nitrogen and oxygen atoms in total. The number of hydrogen-bond acceptors (Lipinski definition) is 3. The Kier molecular flexibility index (Phi) is 6.15. The molecule has 0 spiro atoms. The van der Waals surface area contributed by atoms with Crippen molar-refractivity contribution in [3.05, 3.63) is 46.6 Å². The second-order valence-corrected chi connectivity index (χ2v) is 6.11. The normalized spacial score (nSPS) is 14.7. The van der Waals surface area contributed by atoms with Crippen LogP contribution in [0.4, 0.5) is 0 Å². The molecule has 1 aliphatic heterocycles. The van der Waals surface area contributed by atoms with Crippen molar-refractivity contribution in [2.45, 2.75) is 25.8 Å². The third-order valence-electron chi connectivity index (χ3n) is 2.94. The van der Waals surface area contributed by atoms with Crippen LogP contribution in [0.5, 0.6) is 0 Å². The predicted molar refractivity (Wildman–Crippen MR) is 89.7 cm³/mol. The van der Waals surface area contributed by atoms with E-state index >= 15 is 0 Å². The summed E-state index contributed by atoms with van der Waals surface area (Å²) in [5, 5.41) is 1.39. The number of rotatable bonds is 6. The van der Waals surface area contributed by atoms with Gasteiger partial charge >= 0.3 is 0 Å². The quantitative estimate of drug-likeness (QED) is 0.490. The summed E-state index contributed by atoms with van der Waals surface area (Å²) >= 11 is 7.45. The number of nitrogens with two attached hydrogens (primary N) is 1. The Balaban J connectivity index is 1.64. The molecular formula is C15H18ClN3S. The van der Waals surface area contributed by atoms with Crippen molar-refractivity contribution in [3.63, 3.8) is 0 Å². The molecule has 0 atom stereocenters. The first-order valence-corrected chi connectivity index (χ1v) is 7.97. The zero-order valence-corrected chi connectivity index (χ0v) is 12.8. The Morgan fingerprint density at radius 1 is 1.35 bits per heavy atom. The molecule has 5 heteroatoms. The summed E-state index contributed by atoms with van der Waals surface area (Å²) in [4.78, 5) is 8.46. The molecule has 106 valence electrons. The minimum Gasteiger partial charge on any atom is -0.379 e. The molecular weight excluding hydrogens is 290 g/mol. The molecule has 0 bridgehead atoms. The third kappa shape index (κ3) is 5.39. The summed E-state index contributed by atoms with van der Waals surface area (Å²) in [6.45, 7) is 0.606. The van der Waals surface area contributed by atoms with Gasteiger partial charge in [0.1, 0.15) is 0 Å². The number of allylic oxidation sites excluding steroid dienone is 1. The molecule has 2 N–H and O–H groups in total. The maximum absolute atomic E-state index is 5.89. The highest BCUT2D eigenvalue weighted by Crippen LogP contribution is 2.16. The van der Waals surface area contributed by atoms with E-state index in [1.165, 1.54) is 5.57 Å². The van der Waals surface area contributed by atoms with Crippen LogP contribution < -0.4 is 5.73 Å². The van der Waals surface area contributed by atoms with E-state index in [-0.39, 0.29) is 0 Å². The third-order valence-corrected chi connectivity index (χ3v) is 4.11. The Hall–Kier alpha value is -1.26. The molecule has 0 aromatic heterocycles. The second-order valence-electron chi connectivity index (χ2n) is 4.56. The molecule has 0 saturated carbocycles. The van der Waals surface area contributed by atoms with Crippen molar-refractivity contribution in [1.29, 1.82) is 0 Å². The van der Waals surface area contributed by atoms with Gasteiger partial charge in [-0.25, -0.2) is 0 Å². The van der Waals surface area contributed by atoms with Crippen LogP contribution in [0.2, 0.25) is 5.02 Å². The number of thioether (sulfide) groups is 1. The summed E-state index contributed by atoms with van der Waals surface area (Å²) in [5.41, 5.74) is 8.42. The maximum atomic E-state index is 5.89. The zero-order chi connectivity index (χ0) is 14.2. The summed E-state index contributed by atoms with van der Waals surface area (Å²) < 4.78 is 0. The summed E-state index contributed by atoms with van der Waals surface area (Å²) in [6, 6.07) is 7.67. The predicted octanol–water partition coefficient (Wildman–Crippen LogP) is 4.03. The molecule has 0 fully saturated rings. The minimum absolute atomic E-state index is 0.606. The van der Waals surface area contributed by atoms with Gasteiger partial charge in [0.25, 0.3) is 0 Å². The molecule has 0 amide bonds. The number of hydrogen-bond donors (Lipinski definition) is 1. The smallest absolute Gasteiger partial charge is 0.154 e. The fourth-order valence-electron chi connectivity index (χ4n) is 1.83. The number of aliphatic imine (C=N–C) groups is 2. The Labute approximate surface area is 129 Å². The van der Waals surface area contributed by atoms with E-state index in [2.05, 4.69) is 9.98 Å². The van der Waals surface area contributed by atoms with Crippen molar-refractivity contribution < 1.29 is 0 Å². The average molecular weight is 308 g/mol. The van der Waals surface area contributed by atoms with Gasteiger partial charge in [-0.2, -0.15) is 0 Å². The first-order chi connectivity index (χ1) is 9.74. The molecule has 0 radical (unpaired) electrons. The van der Waals surface area contributed by atoms with Crippen molar-refractivity contribution in [2.24, 2.45) is 15.7 Å². The highest BCUT2D eigenvalue weighted by molar-refractivity contribution is 8.13. The lowest BCUT2D eigenvalue weighted by atomic mass is 10.1. The fraction of sp³-hybridized carbons (Fsp3) is 0.333. The highest BCUT2D eigenvalue weighted by Gasteiger charge is 2.01. The SMILES string of the molecule is NC(=NCc1ccc(Cl)cc1)SCCCC1=CN=CC1. The van der Waals surface area contributed by atoms with E-state index in [1.54, 1.807) is 11.8 Å². The first-order valence-electron chi connectivity index (χ1n) is 6.61. The fourth-order valence-corrected chi connectivity index (χ4v) is 2.61. The number of amidine groups is 1. The van der Waals surface area contributed by atoms with Gasteiger partial charge in [-0.1, -0.05) is 35.5 Å². The lowest BCUT2D eigenvalue weighted by Gasteiger charge is -2.02. The van der Waals surface area contributed by atoms with Crippen LogP contribution in [-0.2, 0) is 6.54 Å².